The molecule has 0 amide bonds. The first-order valence-electron chi connectivity index (χ1n) is 10.4. The van der Waals surface area contributed by atoms with Crippen molar-refractivity contribution in [2.45, 2.75) is 98.3 Å². The van der Waals surface area contributed by atoms with Crippen LogP contribution in [0, 0.1) is 17.3 Å². The van der Waals surface area contributed by atoms with Crippen LogP contribution < -0.4 is 5.11 Å². The summed E-state index contributed by atoms with van der Waals surface area (Å²) < 4.78 is 35.7. The summed E-state index contributed by atoms with van der Waals surface area (Å²) in [6, 6.07) is 0. The van der Waals surface area contributed by atoms with E-state index < -0.39 is 34.2 Å². The second-order valence-corrected chi connectivity index (χ2v) is 8.89. The minimum atomic E-state index is -5.02. The zero-order valence-corrected chi connectivity index (χ0v) is 20.3. The van der Waals surface area contributed by atoms with Gasteiger partial charge in [-0.05, 0) is 24.7 Å². The maximum Gasteiger partial charge on any atom is 1.00 e. The Morgan fingerprint density at radius 3 is 1.66 bits per heavy atom. The van der Waals surface area contributed by atoms with Crippen molar-refractivity contribution in [2.24, 2.45) is 17.3 Å². The third-order valence-electron chi connectivity index (χ3n) is 5.54. The Balaban J connectivity index is 0. The molecule has 0 aliphatic rings. The summed E-state index contributed by atoms with van der Waals surface area (Å²) in [5.74, 6) is -2.51. The number of carbonyl (C=O) groups is 2. The van der Waals surface area contributed by atoms with Crippen molar-refractivity contribution < 1.29 is 54.2 Å². The number of carbonyl (C=O) groups excluding carboxylic acids is 2. The minimum absolute atomic E-state index is 0. The molecular formula is C20H37AgO7S. The number of unbranched alkanes of at least 4 members (excludes halogenated alkanes) is 2. The molecule has 0 heterocycles. The molecule has 0 aromatic heterocycles. The fourth-order valence-corrected chi connectivity index (χ4v) is 4.29. The Morgan fingerprint density at radius 1 is 0.966 bits per heavy atom. The van der Waals surface area contributed by atoms with E-state index in [4.69, 9.17) is 4.55 Å². The smallest absolute Gasteiger partial charge is 0.550 e. The molecule has 1 N–H and O–H groups in total. The predicted molar refractivity (Wildman–Crippen MR) is 106 cm³/mol. The van der Waals surface area contributed by atoms with Crippen LogP contribution in [0.5, 0.6) is 0 Å². The van der Waals surface area contributed by atoms with Crippen molar-refractivity contribution in [3.8, 4) is 0 Å². The van der Waals surface area contributed by atoms with E-state index in [1.165, 1.54) is 0 Å². The second kappa shape index (κ2) is 15.4. The number of hydrogen-bond acceptors (Lipinski definition) is 6. The Bertz CT molecular complexity index is 559. The van der Waals surface area contributed by atoms with Gasteiger partial charge in [-0.3, -0.25) is 9.35 Å². The summed E-state index contributed by atoms with van der Waals surface area (Å²) >= 11 is 0. The van der Waals surface area contributed by atoms with Gasteiger partial charge in [-0.2, -0.15) is 8.42 Å². The average molecular weight is 529 g/mol. The van der Waals surface area contributed by atoms with Crippen molar-refractivity contribution in [2.75, 3.05) is 0 Å². The van der Waals surface area contributed by atoms with Gasteiger partial charge >= 0.3 is 38.7 Å². The zero-order chi connectivity index (χ0) is 21.8. The zero-order valence-electron chi connectivity index (χ0n) is 18.0. The summed E-state index contributed by atoms with van der Waals surface area (Å²) in [4.78, 5) is 24.3. The van der Waals surface area contributed by atoms with E-state index >= 15 is 0 Å². The first-order chi connectivity index (χ1) is 13.0. The normalized spacial score (nSPS) is 15.6. The van der Waals surface area contributed by atoms with Crippen molar-refractivity contribution >= 4 is 22.3 Å². The third-order valence-corrected chi connectivity index (χ3v) is 5.90. The first kappa shape index (κ1) is 30.8. The quantitative estimate of drug-likeness (QED) is 0.239. The molecule has 0 radical (unpaired) electrons. The standard InChI is InChI=1S/C20H38O7S.Ag/c1-5-9-11-16(7-3)13-20(15-18(21)22,19(23)27-28(24,25)26)14-17(8-4)12-10-6-2;/h16-17H,5-15H2,1-4H3,(H,21,22)(H,24,25,26);/q;+1/p-1. The minimum Gasteiger partial charge on any atom is -0.550 e. The SMILES string of the molecule is CCCCC(CC)CC(CC(=O)[O-])(CC(CC)CCCC)C(=O)OS(=O)(=O)O.[Ag+]. The van der Waals surface area contributed by atoms with E-state index in [2.05, 4.69) is 4.18 Å². The largest absolute Gasteiger partial charge is 1.00 e. The third kappa shape index (κ3) is 12.8. The van der Waals surface area contributed by atoms with Crippen LogP contribution in [-0.2, 0) is 46.6 Å². The van der Waals surface area contributed by atoms with Crippen molar-refractivity contribution in [3.63, 3.8) is 0 Å². The van der Waals surface area contributed by atoms with E-state index in [1.807, 2.05) is 27.7 Å². The maximum absolute atomic E-state index is 12.8. The van der Waals surface area contributed by atoms with Crippen LogP contribution in [0.25, 0.3) is 0 Å². The van der Waals surface area contributed by atoms with Crippen LogP contribution in [0.3, 0.4) is 0 Å². The van der Waals surface area contributed by atoms with Gasteiger partial charge in [0.1, 0.15) is 0 Å². The molecule has 0 fully saturated rings. The van der Waals surface area contributed by atoms with E-state index in [9.17, 15) is 23.1 Å². The van der Waals surface area contributed by atoms with Gasteiger partial charge in [0.05, 0.1) is 5.41 Å². The maximum atomic E-state index is 12.8. The Kier molecular flexibility index (Phi) is 16.3. The van der Waals surface area contributed by atoms with Crippen LogP contribution in [0.4, 0.5) is 0 Å². The van der Waals surface area contributed by atoms with E-state index in [0.717, 1.165) is 51.4 Å². The Morgan fingerprint density at radius 2 is 1.38 bits per heavy atom. The molecule has 0 aliphatic heterocycles. The van der Waals surface area contributed by atoms with Crippen molar-refractivity contribution in [3.05, 3.63) is 0 Å². The molecule has 9 heteroatoms. The molecule has 2 atom stereocenters. The van der Waals surface area contributed by atoms with Gasteiger partial charge in [0, 0.05) is 12.4 Å². The fraction of sp³-hybridized carbons (Fsp3) is 0.900. The van der Waals surface area contributed by atoms with Gasteiger partial charge in [-0.1, -0.05) is 79.1 Å². The van der Waals surface area contributed by atoms with Crippen LogP contribution in [0.2, 0.25) is 0 Å². The Hall–Kier alpha value is -0.410. The molecule has 29 heavy (non-hydrogen) atoms. The molecule has 0 spiro atoms. The number of carboxylic acids is 1. The summed E-state index contributed by atoms with van der Waals surface area (Å²) in [6.45, 7) is 8.02. The van der Waals surface area contributed by atoms with Crippen LogP contribution >= 0.6 is 0 Å². The number of hydrogen-bond donors (Lipinski definition) is 1. The molecule has 0 aromatic carbocycles. The summed E-state index contributed by atoms with van der Waals surface area (Å²) in [6.07, 6.45) is 6.68. The van der Waals surface area contributed by atoms with Gasteiger partial charge in [0.2, 0.25) is 0 Å². The second-order valence-electron chi connectivity index (χ2n) is 7.87. The van der Waals surface area contributed by atoms with Gasteiger partial charge in [0.15, 0.2) is 0 Å². The predicted octanol–water partition coefficient (Wildman–Crippen LogP) is 3.67. The average Bonchev–Trinajstić information content (AvgIpc) is 2.59. The van der Waals surface area contributed by atoms with Crippen molar-refractivity contribution in [1.82, 2.24) is 0 Å². The molecule has 0 aromatic rings. The molecule has 176 valence electrons. The molecule has 0 bridgehead atoms. The molecule has 0 rings (SSSR count). The summed E-state index contributed by atoms with van der Waals surface area (Å²) in [7, 11) is -5.02. The van der Waals surface area contributed by atoms with E-state index in [0.29, 0.717) is 0 Å². The van der Waals surface area contributed by atoms with Crippen molar-refractivity contribution in [1.29, 1.82) is 0 Å². The number of rotatable bonds is 16. The molecule has 0 saturated heterocycles. The van der Waals surface area contributed by atoms with E-state index in [-0.39, 0.29) is 47.1 Å². The van der Waals surface area contributed by atoms with Gasteiger partial charge in [-0.15, -0.1) is 0 Å². The molecule has 0 saturated carbocycles. The topological polar surface area (TPSA) is 121 Å². The van der Waals surface area contributed by atoms with Crippen LogP contribution in [0.15, 0.2) is 0 Å². The van der Waals surface area contributed by atoms with Crippen LogP contribution in [-0.4, -0.2) is 24.9 Å². The fourth-order valence-electron chi connectivity index (χ4n) is 3.92. The molecule has 0 aliphatic carbocycles. The monoisotopic (exact) mass is 528 g/mol. The first-order valence-corrected chi connectivity index (χ1v) is 11.8. The molecular weight excluding hydrogens is 492 g/mol. The number of carboxylic acid groups (broad SMARTS) is 1. The van der Waals surface area contributed by atoms with Gasteiger partial charge in [0.25, 0.3) is 0 Å². The molecule has 7 nitrogen and oxygen atoms in total. The summed E-state index contributed by atoms with van der Waals surface area (Å²) in [5, 5.41) is 11.5. The van der Waals surface area contributed by atoms with Gasteiger partial charge in [-0.25, -0.2) is 0 Å². The molecule has 2 unspecified atom stereocenters. The summed E-state index contributed by atoms with van der Waals surface area (Å²) in [5.41, 5.74) is -1.53. The van der Waals surface area contributed by atoms with E-state index in [1.54, 1.807) is 0 Å². The number of aliphatic carboxylic acids is 1. The van der Waals surface area contributed by atoms with Gasteiger partial charge < -0.3 is 14.1 Å². The Labute approximate surface area is 191 Å². The van der Waals surface area contributed by atoms with Crippen LogP contribution in [0.1, 0.15) is 98.3 Å².